The number of morpholine rings is 1. The Morgan fingerprint density at radius 2 is 2.23 bits per heavy atom. The van der Waals surface area contributed by atoms with Gasteiger partial charge in [-0.15, -0.1) is 0 Å². The third kappa shape index (κ3) is 3.45. The topological polar surface area (TPSA) is 84.6 Å². The number of fused-ring (bicyclic) bond motifs is 3. The summed E-state index contributed by atoms with van der Waals surface area (Å²) in [5.41, 5.74) is 8.30. The fourth-order valence-corrected chi connectivity index (χ4v) is 3.76. The monoisotopic (exact) mass is 373 g/mol. The van der Waals surface area contributed by atoms with Gasteiger partial charge in [-0.05, 0) is 22.7 Å². The first-order valence-electron chi connectivity index (χ1n) is 8.58. The zero-order valence-electron chi connectivity index (χ0n) is 14.3. The quantitative estimate of drug-likeness (QED) is 0.815. The largest absolute Gasteiger partial charge is 0.377 e. The Labute approximate surface area is 156 Å². The zero-order chi connectivity index (χ0) is 18.1. The molecule has 136 valence electrons. The van der Waals surface area contributed by atoms with Crippen LogP contribution in [-0.2, 0) is 22.5 Å². The van der Waals surface area contributed by atoms with Crippen molar-refractivity contribution in [3.63, 3.8) is 0 Å². The second-order valence-corrected chi connectivity index (χ2v) is 6.95. The minimum absolute atomic E-state index is 0.232. The molecular weight excluding hydrogens is 354 g/mol. The summed E-state index contributed by atoms with van der Waals surface area (Å²) in [6, 6.07) is 8.16. The molecule has 26 heavy (non-hydrogen) atoms. The van der Waals surface area contributed by atoms with Crippen LogP contribution >= 0.6 is 11.6 Å². The van der Waals surface area contributed by atoms with Crippen molar-refractivity contribution in [2.45, 2.75) is 19.0 Å². The highest BCUT2D eigenvalue weighted by Crippen LogP contribution is 2.35. The number of aromatic nitrogens is 2. The molecule has 1 fully saturated rings. The molecule has 1 saturated heterocycles. The normalized spacial score (nSPS) is 19.0. The predicted octanol–water partition coefficient (Wildman–Crippen LogP) is 1.38. The molecule has 2 aliphatic heterocycles. The molecule has 0 aliphatic carbocycles. The molecule has 7 nitrogen and oxygen atoms in total. The average molecular weight is 374 g/mol. The molecule has 0 saturated carbocycles. The van der Waals surface area contributed by atoms with Crippen LogP contribution in [0.25, 0.3) is 0 Å². The molecule has 2 N–H and O–H groups in total. The lowest BCUT2D eigenvalue weighted by Crippen LogP contribution is -2.55. The van der Waals surface area contributed by atoms with Gasteiger partial charge in [-0.2, -0.15) is 4.98 Å². The predicted molar refractivity (Wildman–Crippen MR) is 99.4 cm³/mol. The van der Waals surface area contributed by atoms with Crippen molar-refractivity contribution in [1.29, 1.82) is 0 Å². The summed E-state index contributed by atoms with van der Waals surface area (Å²) in [7, 11) is 0. The van der Waals surface area contributed by atoms with Gasteiger partial charge in [0, 0.05) is 19.6 Å². The molecule has 1 unspecified atom stereocenters. The van der Waals surface area contributed by atoms with Gasteiger partial charge < -0.3 is 20.3 Å². The highest BCUT2D eigenvalue weighted by Gasteiger charge is 2.34. The Hall–Kier alpha value is -2.38. The Balaban J connectivity index is 1.63. The van der Waals surface area contributed by atoms with E-state index in [1.807, 2.05) is 24.3 Å². The summed E-state index contributed by atoms with van der Waals surface area (Å²) in [5.74, 6) is 0.529. The lowest BCUT2D eigenvalue weighted by molar-refractivity contribution is -0.117. The van der Waals surface area contributed by atoms with Gasteiger partial charge in [0.05, 0.1) is 37.6 Å². The van der Waals surface area contributed by atoms with Crippen molar-refractivity contribution in [2.24, 2.45) is 5.73 Å². The molecule has 0 radical (unpaired) electrons. The van der Waals surface area contributed by atoms with Gasteiger partial charge in [0.2, 0.25) is 11.2 Å². The van der Waals surface area contributed by atoms with E-state index in [0.717, 1.165) is 35.7 Å². The number of hydrogen-bond donors (Lipinski definition) is 1. The molecule has 1 aromatic carbocycles. The van der Waals surface area contributed by atoms with E-state index in [9.17, 15) is 4.79 Å². The summed E-state index contributed by atoms with van der Waals surface area (Å²) in [4.78, 5) is 24.3. The zero-order valence-corrected chi connectivity index (χ0v) is 15.0. The van der Waals surface area contributed by atoms with Crippen LogP contribution in [0.1, 0.15) is 11.1 Å². The number of ether oxygens (including phenoxy) is 1. The number of rotatable bonds is 4. The molecular formula is C18H20ClN5O2. The van der Waals surface area contributed by atoms with Gasteiger partial charge in [-0.3, -0.25) is 4.79 Å². The maximum absolute atomic E-state index is 11.2. The number of nitrogens with two attached hydrogens (primary N) is 1. The van der Waals surface area contributed by atoms with Crippen molar-refractivity contribution in [1.82, 2.24) is 9.97 Å². The van der Waals surface area contributed by atoms with E-state index < -0.39 is 0 Å². The number of hydrogen-bond acceptors (Lipinski definition) is 6. The third-order valence-corrected chi connectivity index (χ3v) is 4.92. The molecule has 3 heterocycles. The van der Waals surface area contributed by atoms with Gasteiger partial charge in [0.1, 0.15) is 0 Å². The van der Waals surface area contributed by atoms with Crippen molar-refractivity contribution < 1.29 is 9.53 Å². The van der Waals surface area contributed by atoms with E-state index >= 15 is 0 Å². The summed E-state index contributed by atoms with van der Waals surface area (Å²) < 4.78 is 5.65. The number of nitrogens with zero attached hydrogens (tertiary/aromatic N) is 4. The number of anilines is 2. The van der Waals surface area contributed by atoms with Crippen molar-refractivity contribution in [3.8, 4) is 0 Å². The van der Waals surface area contributed by atoms with Crippen LogP contribution in [0.2, 0.25) is 5.28 Å². The van der Waals surface area contributed by atoms with Gasteiger partial charge in [-0.1, -0.05) is 24.3 Å². The molecule has 0 bridgehead atoms. The molecule has 2 aliphatic rings. The maximum atomic E-state index is 11.2. The van der Waals surface area contributed by atoms with E-state index in [0.29, 0.717) is 19.8 Å². The minimum Gasteiger partial charge on any atom is -0.377 e. The molecule has 2 aromatic rings. The van der Waals surface area contributed by atoms with Crippen LogP contribution in [-0.4, -0.2) is 48.2 Å². The SMILES string of the molecule is NC(=O)Cc1cccc(CN2CC3COCCN3c3nc(Cl)ncc32)c1. The van der Waals surface area contributed by atoms with Crippen LogP contribution in [0.5, 0.6) is 0 Å². The first kappa shape index (κ1) is 17.1. The van der Waals surface area contributed by atoms with E-state index in [-0.39, 0.29) is 23.7 Å². The van der Waals surface area contributed by atoms with Crippen LogP contribution in [0.15, 0.2) is 30.5 Å². The summed E-state index contributed by atoms with van der Waals surface area (Å²) >= 11 is 6.04. The number of primary amides is 1. The second-order valence-electron chi connectivity index (χ2n) is 6.61. The number of benzene rings is 1. The Kier molecular flexibility index (Phi) is 4.65. The first-order valence-corrected chi connectivity index (χ1v) is 8.96. The summed E-state index contributed by atoms with van der Waals surface area (Å²) in [6.45, 7) is 3.66. The summed E-state index contributed by atoms with van der Waals surface area (Å²) in [5, 5.41) is 0.249. The maximum Gasteiger partial charge on any atom is 0.224 e. The highest BCUT2D eigenvalue weighted by atomic mass is 35.5. The Morgan fingerprint density at radius 3 is 3.08 bits per heavy atom. The number of amides is 1. The van der Waals surface area contributed by atoms with Crippen LogP contribution in [0, 0.1) is 0 Å². The fraction of sp³-hybridized carbons (Fsp3) is 0.389. The molecule has 8 heteroatoms. The lowest BCUT2D eigenvalue weighted by Gasteiger charge is -2.45. The molecule has 1 aromatic heterocycles. The molecule has 0 spiro atoms. The molecule has 1 atom stereocenters. The Bertz CT molecular complexity index is 831. The van der Waals surface area contributed by atoms with Crippen LogP contribution in [0.4, 0.5) is 11.5 Å². The standard InChI is InChI=1S/C18H20ClN5O2/c19-18-21-8-15-17(22-18)24-4-5-26-11-14(24)10-23(15)9-13-3-1-2-12(6-13)7-16(20)25/h1-3,6,8,14H,4-5,7,9-11H2,(H2,20,25). The minimum atomic E-state index is -0.330. The van der Waals surface area contributed by atoms with Crippen LogP contribution in [0.3, 0.4) is 0 Å². The van der Waals surface area contributed by atoms with Crippen LogP contribution < -0.4 is 15.5 Å². The second kappa shape index (κ2) is 7.09. The van der Waals surface area contributed by atoms with Gasteiger partial charge in [0.15, 0.2) is 5.82 Å². The van der Waals surface area contributed by atoms with E-state index in [2.05, 4.69) is 19.8 Å². The smallest absolute Gasteiger partial charge is 0.224 e. The van der Waals surface area contributed by atoms with Gasteiger partial charge >= 0.3 is 0 Å². The molecule has 1 amide bonds. The highest BCUT2D eigenvalue weighted by molar-refractivity contribution is 6.28. The van der Waals surface area contributed by atoms with Crippen molar-refractivity contribution in [2.75, 3.05) is 36.1 Å². The number of carbonyl (C=O) groups is 1. The van der Waals surface area contributed by atoms with Crippen molar-refractivity contribution >= 4 is 29.0 Å². The van der Waals surface area contributed by atoms with Gasteiger partial charge in [0.25, 0.3) is 0 Å². The average Bonchev–Trinajstić information content (AvgIpc) is 2.61. The number of carbonyl (C=O) groups excluding carboxylic acids is 1. The number of halogens is 1. The fourth-order valence-electron chi connectivity index (χ4n) is 3.63. The van der Waals surface area contributed by atoms with Gasteiger partial charge in [-0.25, -0.2) is 4.98 Å². The van der Waals surface area contributed by atoms with Crippen molar-refractivity contribution in [3.05, 3.63) is 46.9 Å². The summed E-state index contributed by atoms with van der Waals surface area (Å²) in [6.07, 6.45) is 2.02. The lowest BCUT2D eigenvalue weighted by atomic mass is 10.1. The molecule has 4 rings (SSSR count). The Morgan fingerprint density at radius 1 is 1.38 bits per heavy atom. The first-order chi connectivity index (χ1) is 12.6. The van der Waals surface area contributed by atoms with E-state index in [1.165, 1.54) is 0 Å². The van der Waals surface area contributed by atoms with E-state index in [4.69, 9.17) is 22.1 Å². The van der Waals surface area contributed by atoms with E-state index in [1.54, 1.807) is 6.20 Å². The third-order valence-electron chi connectivity index (χ3n) is 4.74.